The van der Waals surface area contributed by atoms with Crippen molar-refractivity contribution in [1.82, 2.24) is 9.88 Å². The van der Waals surface area contributed by atoms with Crippen molar-refractivity contribution in [2.24, 2.45) is 9.98 Å². The molecule has 4 heteroatoms. The van der Waals surface area contributed by atoms with Crippen molar-refractivity contribution in [2.45, 2.75) is 20.0 Å². The maximum absolute atomic E-state index is 5.33. The fourth-order valence-corrected chi connectivity index (χ4v) is 8.15. The fourth-order valence-electron chi connectivity index (χ4n) is 8.15. The van der Waals surface area contributed by atoms with Crippen molar-refractivity contribution < 1.29 is 0 Å². The second-order valence-corrected chi connectivity index (χ2v) is 14.8. The van der Waals surface area contributed by atoms with Gasteiger partial charge in [0, 0.05) is 33.0 Å². The van der Waals surface area contributed by atoms with Gasteiger partial charge in [0.05, 0.1) is 16.7 Å². The fraction of sp³-hybridized carbons (Fsp3) is 0.0566. The summed E-state index contributed by atoms with van der Waals surface area (Å²) in [5, 5.41) is 6.26. The molecule has 0 saturated carbocycles. The van der Waals surface area contributed by atoms with Gasteiger partial charge in [-0.15, -0.1) is 0 Å². The van der Waals surface area contributed by atoms with Gasteiger partial charge in [0.15, 0.2) is 5.84 Å². The van der Waals surface area contributed by atoms with E-state index in [2.05, 4.69) is 206 Å². The molecule has 0 radical (unpaired) electrons. The Bertz CT molecular complexity index is 2840. The molecule has 0 fully saturated rings. The molecule has 2 heterocycles. The Kier molecular flexibility index (Phi) is 8.65. The van der Waals surface area contributed by atoms with Crippen molar-refractivity contribution in [2.75, 3.05) is 0 Å². The normalized spacial score (nSPS) is 14.0. The number of hydrogen-bond donors (Lipinski definition) is 1. The van der Waals surface area contributed by atoms with Crippen molar-refractivity contribution in [1.29, 1.82) is 0 Å². The molecule has 0 aliphatic carbocycles. The van der Waals surface area contributed by atoms with Crippen LogP contribution in [0, 0.1) is 13.8 Å². The van der Waals surface area contributed by atoms with Crippen LogP contribution in [-0.2, 0) is 0 Å². The summed E-state index contributed by atoms with van der Waals surface area (Å²) in [6.07, 6.45) is -0.327. The van der Waals surface area contributed by atoms with Gasteiger partial charge >= 0.3 is 0 Å². The number of rotatable bonds is 7. The van der Waals surface area contributed by atoms with Crippen molar-refractivity contribution in [3.05, 3.63) is 222 Å². The predicted octanol–water partition coefficient (Wildman–Crippen LogP) is 12.9. The van der Waals surface area contributed by atoms with Gasteiger partial charge in [-0.3, -0.25) is 0 Å². The van der Waals surface area contributed by atoms with E-state index < -0.39 is 0 Å². The van der Waals surface area contributed by atoms with Crippen LogP contribution >= 0.6 is 0 Å². The Hall–Kier alpha value is -7.30. The van der Waals surface area contributed by atoms with Crippen LogP contribution in [0.25, 0.3) is 60.9 Å². The summed E-state index contributed by atoms with van der Waals surface area (Å²) in [5.74, 6) is 1.47. The Morgan fingerprint density at radius 2 is 0.895 bits per heavy atom. The van der Waals surface area contributed by atoms with Gasteiger partial charge in [-0.1, -0.05) is 169 Å². The van der Waals surface area contributed by atoms with E-state index in [1.54, 1.807) is 0 Å². The quantitative estimate of drug-likeness (QED) is 0.174. The van der Waals surface area contributed by atoms with Crippen LogP contribution in [-0.4, -0.2) is 16.2 Å². The number of hydrogen-bond acceptors (Lipinski definition) is 3. The largest absolute Gasteiger partial charge is 0.344 e. The molecule has 10 rings (SSSR count). The molecule has 1 aliphatic rings. The number of aryl methyl sites for hydroxylation is 2. The van der Waals surface area contributed by atoms with E-state index in [9.17, 15) is 0 Å². The summed E-state index contributed by atoms with van der Waals surface area (Å²) >= 11 is 0. The van der Waals surface area contributed by atoms with Crippen molar-refractivity contribution >= 4 is 33.5 Å². The number of nitrogens with one attached hydrogen (secondary N) is 1. The molecule has 1 aliphatic heterocycles. The maximum Gasteiger partial charge on any atom is 0.159 e. The molecular formula is C53H40N4. The molecule has 0 spiro atoms. The van der Waals surface area contributed by atoms with E-state index in [4.69, 9.17) is 9.98 Å². The number of nitrogens with zero attached hydrogens (tertiary/aromatic N) is 3. The summed E-state index contributed by atoms with van der Waals surface area (Å²) in [4.78, 5) is 10.5. The van der Waals surface area contributed by atoms with Gasteiger partial charge in [-0.05, 0) is 78.1 Å². The average Bonchev–Trinajstić information content (AvgIpc) is 3.59. The summed E-state index contributed by atoms with van der Waals surface area (Å²) in [6, 6.07) is 69.3. The van der Waals surface area contributed by atoms with E-state index in [0.717, 1.165) is 56.0 Å². The Balaban J connectivity index is 1.23. The SMILES string of the molecule is Cc1ccc2c(c1)c1cc(C)ccc1n2-c1c(-c2ccccc2)cc(C2=NC(c3ccc(-c4ccccc4)cc3)=N[C@@H](c3ccccc3)N2)cc1-c1ccccc1. The number of aliphatic imine (C=N–C) groups is 2. The molecule has 272 valence electrons. The Morgan fingerprint density at radius 1 is 0.439 bits per heavy atom. The monoisotopic (exact) mass is 732 g/mol. The third kappa shape index (κ3) is 6.41. The highest BCUT2D eigenvalue weighted by Gasteiger charge is 2.26. The van der Waals surface area contributed by atoms with Crippen molar-refractivity contribution in [3.8, 4) is 39.1 Å². The minimum absolute atomic E-state index is 0.327. The highest BCUT2D eigenvalue weighted by atomic mass is 15.2. The molecule has 0 bridgehead atoms. The zero-order chi connectivity index (χ0) is 38.3. The first kappa shape index (κ1) is 34.2. The lowest BCUT2D eigenvalue weighted by atomic mass is 9.92. The van der Waals surface area contributed by atoms with E-state index in [1.165, 1.54) is 38.5 Å². The third-order valence-electron chi connectivity index (χ3n) is 11.0. The zero-order valence-electron chi connectivity index (χ0n) is 31.9. The number of aromatic nitrogens is 1. The first-order chi connectivity index (χ1) is 28.1. The summed E-state index contributed by atoms with van der Waals surface area (Å²) in [5.41, 5.74) is 15.8. The van der Waals surface area contributed by atoms with Crippen molar-refractivity contribution in [3.63, 3.8) is 0 Å². The van der Waals surface area contributed by atoms with E-state index in [1.807, 2.05) is 12.1 Å². The molecule has 57 heavy (non-hydrogen) atoms. The van der Waals surface area contributed by atoms with Gasteiger partial charge in [-0.25, -0.2) is 9.98 Å². The predicted molar refractivity (Wildman–Crippen MR) is 238 cm³/mol. The van der Waals surface area contributed by atoms with Crippen LogP contribution in [0.15, 0.2) is 204 Å². The lowest BCUT2D eigenvalue weighted by Crippen LogP contribution is -2.33. The molecule has 9 aromatic rings. The second kappa shape index (κ2) is 14.4. The maximum atomic E-state index is 5.33. The summed E-state index contributed by atoms with van der Waals surface area (Å²) < 4.78 is 2.47. The lowest BCUT2D eigenvalue weighted by Gasteiger charge is -2.26. The van der Waals surface area contributed by atoms with Crippen LogP contribution in [0.5, 0.6) is 0 Å². The average molecular weight is 733 g/mol. The van der Waals surface area contributed by atoms with Gasteiger partial charge < -0.3 is 9.88 Å². The molecule has 1 atom stereocenters. The van der Waals surface area contributed by atoms with Gasteiger partial charge in [-0.2, -0.15) is 0 Å². The highest BCUT2D eigenvalue weighted by Crippen LogP contribution is 2.43. The molecule has 1 aromatic heterocycles. The van der Waals surface area contributed by atoms with Crippen LogP contribution in [0.1, 0.15) is 34.0 Å². The van der Waals surface area contributed by atoms with Crippen LogP contribution < -0.4 is 5.32 Å². The molecule has 0 unspecified atom stereocenters. The molecule has 1 N–H and O–H groups in total. The minimum Gasteiger partial charge on any atom is -0.344 e. The molecule has 4 nitrogen and oxygen atoms in total. The van der Waals surface area contributed by atoms with E-state index in [-0.39, 0.29) is 6.17 Å². The summed E-state index contributed by atoms with van der Waals surface area (Å²) in [6.45, 7) is 4.35. The molecule has 8 aromatic carbocycles. The molecular weight excluding hydrogens is 693 g/mol. The Morgan fingerprint density at radius 3 is 1.42 bits per heavy atom. The molecule has 0 saturated heterocycles. The number of fused-ring (bicyclic) bond motifs is 3. The van der Waals surface area contributed by atoms with Gasteiger partial charge in [0.25, 0.3) is 0 Å². The smallest absolute Gasteiger partial charge is 0.159 e. The number of amidine groups is 2. The highest BCUT2D eigenvalue weighted by molar-refractivity contribution is 6.15. The summed E-state index contributed by atoms with van der Waals surface area (Å²) in [7, 11) is 0. The van der Waals surface area contributed by atoms with Gasteiger partial charge in [0.1, 0.15) is 12.0 Å². The molecule has 0 amide bonds. The first-order valence-corrected chi connectivity index (χ1v) is 19.5. The first-order valence-electron chi connectivity index (χ1n) is 19.5. The Labute approximate surface area is 333 Å². The minimum atomic E-state index is -0.327. The lowest BCUT2D eigenvalue weighted by molar-refractivity contribution is 0.674. The number of benzene rings is 8. The van der Waals surface area contributed by atoms with E-state index >= 15 is 0 Å². The van der Waals surface area contributed by atoms with Gasteiger partial charge in [0.2, 0.25) is 0 Å². The van der Waals surface area contributed by atoms with Crippen LogP contribution in [0.2, 0.25) is 0 Å². The topological polar surface area (TPSA) is 41.7 Å². The third-order valence-corrected chi connectivity index (χ3v) is 11.0. The van der Waals surface area contributed by atoms with E-state index in [0.29, 0.717) is 5.84 Å². The van der Waals surface area contributed by atoms with Crippen LogP contribution in [0.3, 0.4) is 0 Å². The zero-order valence-corrected chi connectivity index (χ0v) is 31.9. The second-order valence-electron chi connectivity index (χ2n) is 14.8. The standard InChI is InChI=1S/C53H40N4/c1-35-23-29-48-46(31-35)47-32-36(2)24-30-49(47)57(48)50-44(39-17-9-4-10-18-39)33-43(34-45(50)40-19-11-5-12-20-40)53-55-51(41-21-13-6-14-22-41)54-52(56-53)42-27-25-38(26-28-42)37-15-7-3-8-16-37/h3-34,51H,1-2H3,(H,54,55,56)/t51-/m1/s1. The van der Waals surface area contributed by atoms with Crippen LogP contribution in [0.4, 0.5) is 0 Å².